The van der Waals surface area contributed by atoms with Gasteiger partial charge in [-0.15, -0.1) is 0 Å². The molecule has 2 atom stereocenters. The van der Waals surface area contributed by atoms with E-state index in [2.05, 4.69) is 0 Å². The molecular weight excluding hydrogens is 221 g/mol. The molecule has 1 amide bonds. The number of hydrogen-bond acceptors (Lipinski definition) is 2. The highest BCUT2D eigenvalue weighted by molar-refractivity contribution is 5.81. The molecule has 0 bridgehead atoms. The molecule has 92 valence electrons. The van der Waals surface area contributed by atoms with Crippen molar-refractivity contribution in [3.63, 3.8) is 0 Å². The van der Waals surface area contributed by atoms with Crippen molar-refractivity contribution in [1.29, 1.82) is 0 Å². The maximum Gasteiger partial charge on any atom is 0.251 e. The van der Waals surface area contributed by atoms with Crippen LogP contribution in [0.1, 0.15) is 31.4 Å². The van der Waals surface area contributed by atoms with E-state index in [1.165, 1.54) is 12.1 Å². The number of amides is 1. The topological polar surface area (TPSA) is 40.5 Å². The SMILES string of the molecule is C[C@H](c1ccc(F)cc1)N1CCC[C@H](O)C1=O. The van der Waals surface area contributed by atoms with Crippen LogP contribution < -0.4 is 0 Å². The molecule has 0 radical (unpaired) electrons. The Morgan fingerprint density at radius 2 is 2.06 bits per heavy atom. The predicted octanol–water partition coefficient (Wildman–Crippen LogP) is 1.87. The Hall–Kier alpha value is -1.42. The Morgan fingerprint density at radius 3 is 2.71 bits per heavy atom. The Morgan fingerprint density at radius 1 is 1.41 bits per heavy atom. The molecule has 1 saturated heterocycles. The Bertz CT molecular complexity index is 404. The van der Waals surface area contributed by atoms with Gasteiger partial charge in [-0.1, -0.05) is 12.1 Å². The van der Waals surface area contributed by atoms with Crippen molar-refractivity contribution < 1.29 is 14.3 Å². The first-order valence-electron chi connectivity index (χ1n) is 5.83. The smallest absolute Gasteiger partial charge is 0.251 e. The third kappa shape index (κ3) is 2.47. The molecule has 0 aliphatic carbocycles. The van der Waals surface area contributed by atoms with Crippen molar-refractivity contribution in [2.75, 3.05) is 6.54 Å². The largest absolute Gasteiger partial charge is 0.383 e. The fourth-order valence-corrected chi connectivity index (χ4v) is 2.19. The lowest BCUT2D eigenvalue weighted by atomic mass is 10.0. The van der Waals surface area contributed by atoms with Crippen LogP contribution in [0.3, 0.4) is 0 Å². The van der Waals surface area contributed by atoms with E-state index in [4.69, 9.17) is 0 Å². The van der Waals surface area contributed by atoms with Crippen molar-refractivity contribution in [3.05, 3.63) is 35.6 Å². The summed E-state index contributed by atoms with van der Waals surface area (Å²) in [6, 6.07) is 5.99. The predicted molar refractivity (Wildman–Crippen MR) is 61.8 cm³/mol. The second-order valence-electron chi connectivity index (χ2n) is 4.42. The van der Waals surface area contributed by atoms with Crippen molar-refractivity contribution in [3.8, 4) is 0 Å². The molecule has 1 N–H and O–H groups in total. The van der Waals surface area contributed by atoms with Gasteiger partial charge in [0.05, 0.1) is 6.04 Å². The summed E-state index contributed by atoms with van der Waals surface area (Å²) < 4.78 is 12.8. The van der Waals surface area contributed by atoms with E-state index >= 15 is 0 Å². The second kappa shape index (κ2) is 4.84. The number of piperidine rings is 1. The molecule has 1 fully saturated rings. The molecule has 0 spiro atoms. The van der Waals surface area contributed by atoms with Gasteiger partial charge in [0.15, 0.2) is 0 Å². The summed E-state index contributed by atoms with van der Waals surface area (Å²) in [5, 5.41) is 9.54. The third-order valence-electron chi connectivity index (χ3n) is 3.26. The number of hydrogen-bond donors (Lipinski definition) is 1. The van der Waals surface area contributed by atoms with Gasteiger partial charge < -0.3 is 10.0 Å². The van der Waals surface area contributed by atoms with Crippen LogP contribution in [0.5, 0.6) is 0 Å². The number of halogens is 1. The van der Waals surface area contributed by atoms with E-state index in [1.54, 1.807) is 17.0 Å². The highest BCUT2D eigenvalue weighted by Gasteiger charge is 2.30. The minimum Gasteiger partial charge on any atom is -0.383 e. The zero-order valence-corrected chi connectivity index (χ0v) is 9.77. The van der Waals surface area contributed by atoms with Gasteiger partial charge in [-0.2, -0.15) is 0 Å². The van der Waals surface area contributed by atoms with Crippen molar-refractivity contribution in [2.45, 2.75) is 31.9 Å². The number of likely N-dealkylation sites (tertiary alicyclic amines) is 1. The molecule has 1 aromatic rings. The maximum atomic E-state index is 12.8. The fraction of sp³-hybridized carbons (Fsp3) is 0.462. The normalized spacial score (nSPS) is 22.6. The zero-order valence-electron chi connectivity index (χ0n) is 9.77. The van der Waals surface area contributed by atoms with E-state index < -0.39 is 6.10 Å². The molecule has 1 heterocycles. The molecule has 4 heteroatoms. The molecule has 0 aromatic heterocycles. The van der Waals surface area contributed by atoms with Crippen molar-refractivity contribution in [1.82, 2.24) is 4.90 Å². The molecular formula is C13H16FNO2. The monoisotopic (exact) mass is 237 g/mol. The fourth-order valence-electron chi connectivity index (χ4n) is 2.19. The summed E-state index contributed by atoms with van der Waals surface area (Å²) in [5.41, 5.74) is 0.883. The molecule has 17 heavy (non-hydrogen) atoms. The lowest BCUT2D eigenvalue weighted by Crippen LogP contribution is -2.45. The summed E-state index contributed by atoms with van der Waals surface area (Å²) in [4.78, 5) is 13.5. The van der Waals surface area contributed by atoms with Gasteiger partial charge in [-0.3, -0.25) is 4.79 Å². The van der Waals surface area contributed by atoms with Gasteiger partial charge in [0.1, 0.15) is 11.9 Å². The van der Waals surface area contributed by atoms with Crippen LogP contribution in [0.25, 0.3) is 0 Å². The average molecular weight is 237 g/mol. The van der Waals surface area contributed by atoms with Gasteiger partial charge in [-0.25, -0.2) is 4.39 Å². The Labute approximate surface area is 99.9 Å². The number of aliphatic hydroxyl groups is 1. The van der Waals surface area contributed by atoms with Gasteiger partial charge in [-0.05, 0) is 37.5 Å². The lowest BCUT2D eigenvalue weighted by molar-refractivity contribution is -0.146. The first-order chi connectivity index (χ1) is 8.09. The van der Waals surface area contributed by atoms with Gasteiger partial charge >= 0.3 is 0 Å². The minimum absolute atomic E-state index is 0.127. The van der Waals surface area contributed by atoms with Crippen molar-refractivity contribution >= 4 is 5.91 Å². The standard InChI is InChI=1S/C13H16FNO2/c1-9(10-4-6-11(14)7-5-10)15-8-2-3-12(16)13(15)17/h4-7,9,12,16H,2-3,8H2,1H3/t9-,12+/m1/s1. The van der Waals surface area contributed by atoms with Crippen LogP contribution in [-0.4, -0.2) is 28.6 Å². The molecule has 1 aliphatic heterocycles. The van der Waals surface area contributed by atoms with E-state index in [9.17, 15) is 14.3 Å². The zero-order chi connectivity index (χ0) is 12.4. The number of carbonyl (C=O) groups is 1. The average Bonchev–Trinajstić information content (AvgIpc) is 2.33. The highest BCUT2D eigenvalue weighted by Crippen LogP contribution is 2.25. The first kappa shape index (κ1) is 12.0. The summed E-state index contributed by atoms with van der Waals surface area (Å²) in [7, 11) is 0. The van der Waals surface area contributed by atoms with E-state index in [0.717, 1.165) is 12.0 Å². The molecule has 3 nitrogen and oxygen atoms in total. The third-order valence-corrected chi connectivity index (χ3v) is 3.26. The number of benzene rings is 1. The van der Waals surface area contributed by atoms with Crippen molar-refractivity contribution in [2.24, 2.45) is 0 Å². The minimum atomic E-state index is -0.883. The van der Waals surface area contributed by atoms with Crippen LogP contribution in [0, 0.1) is 5.82 Å². The second-order valence-corrected chi connectivity index (χ2v) is 4.42. The molecule has 0 unspecified atom stereocenters. The van der Waals surface area contributed by atoms with Crippen LogP contribution in [0.15, 0.2) is 24.3 Å². The summed E-state index contributed by atoms with van der Waals surface area (Å²) in [5.74, 6) is -0.515. The molecule has 0 saturated carbocycles. The first-order valence-corrected chi connectivity index (χ1v) is 5.83. The van der Waals surface area contributed by atoms with E-state index in [-0.39, 0.29) is 17.8 Å². The van der Waals surface area contributed by atoms with Gasteiger partial charge in [0.2, 0.25) is 0 Å². The quantitative estimate of drug-likeness (QED) is 0.853. The van der Waals surface area contributed by atoms with Gasteiger partial charge in [0.25, 0.3) is 5.91 Å². The van der Waals surface area contributed by atoms with Gasteiger partial charge in [0, 0.05) is 6.54 Å². The summed E-state index contributed by atoms with van der Waals surface area (Å²) >= 11 is 0. The maximum absolute atomic E-state index is 12.8. The van der Waals surface area contributed by atoms with E-state index in [0.29, 0.717) is 13.0 Å². The summed E-state index contributed by atoms with van der Waals surface area (Å²) in [6.07, 6.45) is 0.454. The number of aliphatic hydroxyl groups excluding tert-OH is 1. The Kier molecular flexibility index (Phi) is 3.43. The Balaban J connectivity index is 2.16. The number of carbonyl (C=O) groups excluding carboxylic acids is 1. The molecule has 1 aliphatic rings. The summed E-state index contributed by atoms with van der Waals surface area (Å²) in [6.45, 7) is 2.54. The number of rotatable bonds is 2. The molecule has 1 aromatic carbocycles. The van der Waals surface area contributed by atoms with Crippen LogP contribution in [0.4, 0.5) is 4.39 Å². The van der Waals surface area contributed by atoms with Crippen LogP contribution >= 0.6 is 0 Å². The van der Waals surface area contributed by atoms with Crippen LogP contribution in [-0.2, 0) is 4.79 Å². The van der Waals surface area contributed by atoms with E-state index in [1.807, 2.05) is 6.92 Å². The lowest BCUT2D eigenvalue weighted by Gasteiger charge is -2.35. The number of nitrogens with zero attached hydrogens (tertiary/aromatic N) is 1. The molecule has 2 rings (SSSR count). The van der Waals surface area contributed by atoms with Crippen LogP contribution in [0.2, 0.25) is 0 Å². The highest BCUT2D eigenvalue weighted by atomic mass is 19.1.